The summed E-state index contributed by atoms with van der Waals surface area (Å²) in [6.07, 6.45) is 0. The van der Waals surface area contributed by atoms with E-state index in [1.54, 1.807) is 26.4 Å². The number of nitrogens with two attached hydrogens (primary N) is 1. The maximum atomic E-state index is 13.4. The van der Waals surface area contributed by atoms with Crippen LogP contribution in [0, 0.1) is 5.82 Å². The number of nitrogens with one attached hydrogen (secondary N) is 1. The number of nitrogens with zero attached hydrogens (tertiary/aromatic N) is 1. The number of aromatic nitrogens is 2. The fraction of sp³-hybridized carbons (Fsp3) is 0.133. The predicted molar refractivity (Wildman–Crippen MR) is 79.0 cm³/mol. The summed E-state index contributed by atoms with van der Waals surface area (Å²) in [4.78, 5) is 7.54. The Morgan fingerprint density at radius 3 is 2.52 bits per heavy atom. The molecule has 108 valence electrons. The van der Waals surface area contributed by atoms with Gasteiger partial charge in [0, 0.05) is 23.4 Å². The number of methoxy groups -OCH3 is 2. The van der Waals surface area contributed by atoms with Gasteiger partial charge < -0.3 is 20.2 Å². The monoisotopic (exact) mass is 287 g/mol. The van der Waals surface area contributed by atoms with Gasteiger partial charge in [0.1, 0.15) is 11.6 Å². The fourth-order valence-corrected chi connectivity index (χ4v) is 2.20. The van der Waals surface area contributed by atoms with E-state index < -0.39 is 0 Å². The summed E-state index contributed by atoms with van der Waals surface area (Å²) in [5.74, 6) is 1.30. The molecule has 0 saturated carbocycles. The van der Waals surface area contributed by atoms with E-state index in [0.29, 0.717) is 34.1 Å². The molecule has 0 atom stereocenters. The second-order valence-corrected chi connectivity index (χ2v) is 4.54. The third-order valence-corrected chi connectivity index (χ3v) is 3.26. The van der Waals surface area contributed by atoms with E-state index in [1.165, 1.54) is 18.2 Å². The first-order valence-corrected chi connectivity index (χ1v) is 6.29. The minimum atomic E-state index is -0.366. The molecule has 0 aliphatic carbocycles. The molecular weight excluding hydrogens is 273 g/mol. The molecule has 0 aliphatic rings. The Kier molecular flexibility index (Phi) is 3.13. The zero-order valence-electron chi connectivity index (χ0n) is 11.6. The molecular formula is C15H14FN3O2. The zero-order chi connectivity index (χ0) is 15.0. The Morgan fingerprint density at radius 2 is 1.81 bits per heavy atom. The van der Waals surface area contributed by atoms with Crippen molar-refractivity contribution in [3.63, 3.8) is 0 Å². The number of aromatic amines is 1. The number of anilines is 1. The van der Waals surface area contributed by atoms with Gasteiger partial charge in [-0.3, -0.25) is 0 Å². The van der Waals surface area contributed by atoms with Gasteiger partial charge in [-0.05, 0) is 18.2 Å². The van der Waals surface area contributed by atoms with Crippen molar-refractivity contribution < 1.29 is 13.9 Å². The van der Waals surface area contributed by atoms with E-state index in [9.17, 15) is 4.39 Å². The lowest BCUT2D eigenvalue weighted by Gasteiger charge is -2.06. The highest BCUT2D eigenvalue weighted by Gasteiger charge is 2.13. The molecule has 21 heavy (non-hydrogen) atoms. The number of imidazole rings is 1. The van der Waals surface area contributed by atoms with Crippen molar-refractivity contribution in [2.75, 3.05) is 20.0 Å². The largest absolute Gasteiger partial charge is 0.493 e. The molecule has 3 rings (SSSR count). The topological polar surface area (TPSA) is 73.2 Å². The summed E-state index contributed by atoms with van der Waals surface area (Å²) in [5.41, 5.74) is 8.29. The Balaban J connectivity index is 2.19. The Bertz CT molecular complexity index is 773. The summed E-state index contributed by atoms with van der Waals surface area (Å²) >= 11 is 0. The van der Waals surface area contributed by atoms with Crippen molar-refractivity contribution >= 4 is 16.7 Å². The van der Waals surface area contributed by atoms with Crippen LogP contribution in [-0.2, 0) is 0 Å². The van der Waals surface area contributed by atoms with Crippen LogP contribution in [-0.4, -0.2) is 24.2 Å². The van der Waals surface area contributed by atoms with Crippen LogP contribution in [0.4, 0.5) is 10.1 Å². The van der Waals surface area contributed by atoms with Crippen molar-refractivity contribution in [2.24, 2.45) is 0 Å². The SMILES string of the molecule is COc1cc2nc(-c3cc(F)ccc3N)[nH]c2cc1OC. The standard InChI is InChI=1S/C15H14FN3O2/c1-20-13-6-11-12(7-14(13)21-2)19-15(18-11)9-5-8(16)3-4-10(9)17/h3-7H,17H2,1-2H3,(H,18,19). The maximum Gasteiger partial charge on any atom is 0.163 e. The van der Waals surface area contributed by atoms with Gasteiger partial charge in [-0.25, -0.2) is 9.37 Å². The fourth-order valence-electron chi connectivity index (χ4n) is 2.20. The summed E-state index contributed by atoms with van der Waals surface area (Å²) < 4.78 is 23.9. The van der Waals surface area contributed by atoms with E-state index in [0.717, 1.165) is 5.52 Å². The summed E-state index contributed by atoms with van der Waals surface area (Å²) in [6, 6.07) is 7.71. The minimum absolute atomic E-state index is 0.366. The molecule has 3 aromatic rings. The number of hydrogen-bond acceptors (Lipinski definition) is 4. The third-order valence-electron chi connectivity index (χ3n) is 3.26. The van der Waals surface area contributed by atoms with Gasteiger partial charge in [0.2, 0.25) is 0 Å². The van der Waals surface area contributed by atoms with Gasteiger partial charge in [0.05, 0.1) is 25.3 Å². The number of hydrogen-bond donors (Lipinski definition) is 2. The van der Waals surface area contributed by atoms with E-state index in [1.807, 2.05) is 0 Å². The molecule has 0 amide bonds. The summed E-state index contributed by atoms with van der Waals surface area (Å²) in [5, 5.41) is 0. The Labute approximate surface area is 120 Å². The molecule has 1 aromatic heterocycles. The predicted octanol–water partition coefficient (Wildman–Crippen LogP) is 2.97. The Hall–Kier alpha value is -2.76. The van der Waals surface area contributed by atoms with Gasteiger partial charge in [-0.2, -0.15) is 0 Å². The van der Waals surface area contributed by atoms with E-state index in [-0.39, 0.29) is 5.82 Å². The number of halogens is 1. The van der Waals surface area contributed by atoms with Crippen LogP contribution in [0.3, 0.4) is 0 Å². The van der Waals surface area contributed by atoms with Gasteiger partial charge in [0.15, 0.2) is 11.5 Å². The molecule has 0 fully saturated rings. The minimum Gasteiger partial charge on any atom is -0.493 e. The highest BCUT2D eigenvalue weighted by Crippen LogP contribution is 2.33. The van der Waals surface area contributed by atoms with Crippen LogP contribution in [0.5, 0.6) is 11.5 Å². The molecule has 1 heterocycles. The lowest BCUT2D eigenvalue weighted by Crippen LogP contribution is -1.92. The first kappa shape index (κ1) is 13.2. The van der Waals surface area contributed by atoms with Crippen LogP contribution < -0.4 is 15.2 Å². The maximum absolute atomic E-state index is 13.4. The van der Waals surface area contributed by atoms with Crippen molar-refractivity contribution in [1.29, 1.82) is 0 Å². The van der Waals surface area contributed by atoms with Gasteiger partial charge >= 0.3 is 0 Å². The number of ether oxygens (including phenoxy) is 2. The second kappa shape index (κ2) is 4.97. The molecule has 2 aromatic carbocycles. The highest BCUT2D eigenvalue weighted by molar-refractivity contribution is 5.85. The zero-order valence-corrected chi connectivity index (χ0v) is 11.6. The molecule has 5 nitrogen and oxygen atoms in total. The second-order valence-electron chi connectivity index (χ2n) is 4.54. The average Bonchev–Trinajstić information content (AvgIpc) is 2.90. The smallest absolute Gasteiger partial charge is 0.163 e. The summed E-state index contributed by atoms with van der Waals surface area (Å²) in [7, 11) is 3.12. The van der Waals surface area contributed by atoms with Crippen molar-refractivity contribution in [2.45, 2.75) is 0 Å². The average molecular weight is 287 g/mol. The van der Waals surface area contributed by atoms with Crippen LogP contribution in [0.25, 0.3) is 22.4 Å². The van der Waals surface area contributed by atoms with Crippen molar-refractivity contribution in [3.05, 3.63) is 36.1 Å². The van der Waals surface area contributed by atoms with Gasteiger partial charge in [-0.15, -0.1) is 0 Å². The highest BCUT2D eigenvalue weighted by atomic mass is 19.1. The van der Waals surface area contributed by atoms with Crippen LogP contribution in [0.1, 0.15) is 0 Å². The molecule has 3 N–H and O–H groups in total. The van der Waals surface area contributed by atoms with E-state index in [4.69, 9.17) is 15.2 Å². The number of rotatable bonds is 3. The Morgan fingerprint density at radius 1 is 1.10 bits per heavy atom. The number of H-pyrrole nitrogens is 1. The van der Waals surface area contributed by atoms with Crippen LogP contribution in [0.2, 0.25) is 0 Å². The normalized spacial score (nSPS) is 10.8. The van der Waals surface area contributed by atoms with Crippen molar-refractivity contribution in [3.8, 4) is 22.9 Å². The van der Waals surface area contributed by atoms with Crippen LogP contribution >= 0.6 is 0 Å². The quantitative estimate of drug-likeness (QED) is 0.726. The number of fused-ring (bicyclic) bond motifs is 1. The molecule has 0 spiro atoms. The molecule has 0 unspecified atom stereocenters. The molecule has 0 aliphatic heterocycles. The lowest BCUT2D eigenvalue weighted by atomic mass is 10.1. The first-order valence-electron chi connectivity index (χ1n) is 6.29. The van der Waals surface area contributed by atoms with E-state index in [2.05, 4.69) is 9.97 Å². The van der Waals surface area contributed by atoms with Crippen molar-refractivity contribution in [1.82, 2.24) is 9.97 Å². The molecule has 0 saturated heterocycles. The van der Waals surface area contributed by atoms with E-state index >= 15 is 0 Å². The molecule has 0 radical (unpaired) electrons. The first-order chi connectivity index (χ1) is 10.1. The summed E-state index contributed by atoms with van der Waals surface area (Å²) in [6.45, 7) is 0. The molecule has 6 heteroatoms. The number of benzene rings is 2. The lowest BCUT2D eigenvalue weighted by molar-refractivity contribution is 0.356. The third kappa shape index (κ3) is 2.24. The molecule has 0 bridgehead atoms. The number of nitrogen functional groups attached to an aromatic ring is 1. The van der Waals surface area contributed by atoms with Gasteiger partial charge in [0.25, 0.3) is 0 Å². The van der Waals surface area contributed by atoms with Gasteiger partial charge in [-0.1, -0.05) is 0 Å². The van der Waals surface area contributed by atoms with Crippen LogP contribution in [0.15, 0.2) is 30.3 Å².